The number of hydrogen-bond acceptors (Lipinski definition) is 4. The van der Waals surface area contributed by atoms with E-state index in [-0.39, 0.29) is 17.6 Å². The van der Waals surface area contributed by atoms with Gasteiger partial charge in [0.1, 0.15) is 0 Å². The Morgan fingerprint density at radius 2 is 1.95 bits per heavy atom. The largest absolute Gasteiger partial charge is 0.398 e. The van der Waals surface area contributed by atoms with Crippen LogP contribution in [0, 0.1) is 5.92 Å². The molecular weight excluding hydrogens is 254 g/mol. The summed E-state index contributed by atoms with van der Waals surface area (Å²) in [5, 5.41) is 2.70. The van der Waals surface area contributed by atoms with E-state index in [4.69, 9.17) is 5.73 Å². The summed E-state index contributed by atoms with van der Waals surface area (Å²) < 4.78 is 0. The first-order valence-corrected chi connectivity index (χ1v) is 6.90. The third-order valence-corrected chi connectivity index (χ3v) is 3.89. The van der Waals surface area contributed by atoms with E-state index in [1.165, 1.54) is 6.92 Å². The van der Waals surface area contributed by atoms with Crippen LogP contribution in [0.3, 0.4) is 0 Å². The van der Waals surface area contributed by atoms with Crippen molar-refractivity contribution in [1.82, 2.24) is 5.32 Å². The van der Waals surface area contributed by atoms with Gasteiger partial charge < -0.3 is 16.0 Å². The molecule has 5 heteroatoms. The molecule has 108 valence electrons. The van der Waals surface area contributed by atoms with Crippen molar-refractivity contribution >= 4 is 23.1 Å². The normalized spacial score (nSPS) is 16.0. The fourth-order valence-corrected chi connectivity index (χ4v) is 2.67. The number of nitrogens with zero attached hydrogens (tertiary/aromatic N) is 1. The van der Waals surface area contributed by atoms with Gasteiger partial charge in [0.05, 0.1) is 0 Å². The van der Waals surface area contributed by atoms with Crippen LogP contribution in [0.15, 0.2) is 18.2 Å². The number of nitrogens with one attached hydrogen (secondary N) is 1. The van der Waals surface area contributed by atoms with Crippen LogP contribution in [-0.2, 0) is 4.79 Å². The van der Waals surface area contributed by atoms with Crippen molar-refractivity contribution in [2.75, 3.05) is 30.8 Å². The first-order valence-electron chi connectivity index (χ1n) is 6.90. The minimum atomic E-state index is -0.0209. The number of piperidine rings is 1. The predicted octanol–water partition coefficient (Wildman–Crippen LogP) is 1.43. The maximum Gasteiger partial charge on any atom is 0.222 e. The number of amides is 1. The van der Waals surface area contributed by atoms with Gasteiger partial charge in [0, 0.05) is 43.0 Å². The second-order valence-electron chi connectivity index (χ2n) is 5.20. The van der Waals surface area contributed by atoms with Gasteiger partial charge in [-0.2, -0.15) is 0 Å². The number of benzene rings is 1. The van der Waals surface area contributed by atoms with Gasteiger partial charge in [0.15, 0.2) is 5.78 Å². The van der Waals surface area contributed by atoms with Crippen molar-refractivity contribution < 1.29 is 9.59 Å². The molecule has 1 aliphatic rings. The van der Waals surface area contributed by atoms with Gasteiger partial charge in [0.2, 0.25) is 5.91 Å². The predicted molar refractivity (Wildman–Crippen MR) is 79.9 cm³/mol. The molecule has 0 radical (unpaired) electrons. The Hall–Kier alpha value is -2.04. The first-order chi connectivity index (χ1) is 9.52. The Morgan fingerprint density at radius 1 is 1.30 bits per heavy atom. The van der Waals surface area contributed by atoms with Crippen molar-refractivity contribution in [1.29, 1.82) is 0 Å². The molecule has 1 saturated heterocycles. The average molecular weight is 275 g/mol. The molecule has 1 aromatic rings. The summed E-state index contributed by atoms with van der Waals surface area (Å²) in [6, 6.07) is 5.54. The number of Topliss-reactive ketones (excluding diaryl/α,β-unsaturated/α-hetero) is 1. The number of hydrogen-bond donors (Lipinski definition) is 2. The number of nitrogen functional groups attached to an aromatic ring is 1. The fraction of sp³-hybridized carbons (Fsp3) is 0.467. The lowest BCUT2D eigenvalue weighted by Crippen LogP contribution is -2.39. The molecule has 0 saturated carbocycles. The molecule has 1 amide bonds. The van der Waals surface area contributed by atoms with Gasteiger partial charge >= 0.3 is 0 Å². The average Bonchev–Trinajstić information content (AvgIpc) is 2.46. The number of carbonyl (C=O) groups is 2. The van der Waals surface area contributed by atoms with Crippen LogP contribution < -0.4 is 16.0 Å². The highest BCUT2D eigenvalue weighted by atomic mass is 16.1. The van der Waals surface area contributed by atoms with E-state index in [0.29, 0.717) is 11.3 Å². The summed E-state index contributed by atoms with van der Waals surface area (Å²) in [7, 11) is 1.68. The standard InChI is InChI=1S/C15H21N3O2/c1-10(19)13-4-3-12(9-14(13)16)18-7-5-11(6-8-18)15(20)17-2/h3-4,9,11H,5-8,16H2,1-2H3,(H,17,20). The number of rotatable bonds is 3. The molecule has 0 bridgehead atoms. The molecule has 1 aliphatic heterocycles. The molecule has 0 atom stereocenters. The number of carbonyl (C=O) groups excluding carboxylic acids is 2. The molecule has 0 aromatic heterocycles. The lowest BCUT2D eigenvalue weighted by Gasteiger charge is -2.33. The number of anilines is 2. The Labute approximate surface area is 119 Å². The van der Waals surface area contributed by atoms with Gasteiger partial charge in [-0.1, -0.05) is 0 Å². The summed E-state index contributed by atoms with van der Waals surface area (Å²) in [6.07, 6.45) is 1.68. The topological polar surface area (TPSA) is 75.4 Å². The lowest BCUT2D eigenvalue weighted by molar-refractivity contribution is -0.125. The second-order valence-corrected chi connectivity index (χ2v) is 5.20. The van der Waals surface area contributed by atoms with E-state index in [0.717, 1.165) is 31.6 Å². The minimum absolute atomic E-state index is 0.0209. The maximum atomic E-state index is 11.6. The zero-order chi connectivity index (χ0) is 14.7. The van der Waals surface area contributed by atoms with Crippen molar-refractivity contribution in [3.8, 4) is 0 Å². The summed E-state index contributed by atoms with van der Waals surface area (Å²) in [6.45, 7) is 3.17. The van der Waals surface area contributed by atoms with Crippen LogP contribution in [-0.4, -0.2) is 31.8 Å². The summed E-state index contributed by atoms with van der Waals surface area (Å²) in [5.41, 5.74) is 8.01. The molecule has 1 heterocycles. The van der Waals surface area contributed by atoms with Gasteiger partial charge in [-0.15, -0.1) is 0 Å². The van der Waals surface area contributed by atoms with Crippen molar-refractivity contribution in [3.05, 3.63) is 23.8 Å². The van der Waals surface area contributed by atoms with Gasteiger partial charge in [-0.05, 0) is 38.0 Å². The highest BCUT2D eigenvalue weighted by Crippen LogP contribution is 2.26. The Balaban J connectivity index is 2.06. The summed E-state index contributed by atoms with van der Waals surface area (Å²) in [5.74, 6) is 0.202. The zero-order valence-electron chi connectivity index (χ0n) is 12.0. The molecule has 0 unspecified atom stereocenters. The van der Waals surface area contributed by atoms with E-state index >= 15 is 0 Å². The zero-order valence-corrected chi connectivity index (χ0v) is 12.0. The van der Waals surface area contributed by atoms with E-state index in [2.05, 4.69) is 10.2 Å². The van der Waals surface area contributed by atoms with Crippen LogP contribution in [0.1, 0.15) is 30.1 Å². The lowest BCUT2D eigenvalue weighted by atomic mass is 9.95. The van der Waals surface area contributed by atoms with Crippen LogP contribution in [0.4, 0.5) is 11.4 Å². The monoisotopic (exact) mass is 275 g/mol. The van der Waals surface area contributed by atoms with Crippen molar-refractivity contribution in [3.63, 3.8) is 0 Å². The van der Waals surface area contributed by atoms with Crippen LogP contribution in [0.2, 0.25) is 0 Å². The maximum absolute atomic E-state index is 11.6. The third-order valence-electron chi connectivity index (χ3n) is 3.89. The van der Waals surface area contributed by atoms with Crippen LogP contribution in [0.25, 0.3) is 0 Å². The molecule has 1 fully saturated rings. The Morgan fingerprint density at radius 3 is 2.45 bits per heavy atom. The molecule has 1 aromatic carbocycles. The van der Waals surface area contributed by atoms with Gasteiger partial charge in [-0.3, -0.25) is 9.59 Å². The van der Waals surface area contributed by atoms with Gasteiger partial charge in [-0.25, -0.2) is 0 Å². The smallest absolute Gasteiger partial charge is 0.222 e. The van der Waals surface area contributed by atoms with Crippen LogP contribution in [0.5, 0.6) is 0 Å². The molecule has 2 rings (SSSR count). The highest BCUT2D eigenvalue weighted by molar-refractivity contribution is 5.99. The van der Waals surface area contributed by atoms with E-state index in [1.54, 1.807) is 13.1 Å². The minimum Gasteiger partial charge on any atom is -0.398 e. The SMILES string of the molecule is CNC(=O)C1CCN(c2ccc(C(C)=O)c(N)c2)CC1. The molecule has 3 N–H and O–H groups in total. The Kier molecular flexibility index (Phi) is 4.27. The quantitative estimate of drug-likeness (QED) is 0.646. The van der Waals surface area contributed by atoms with E-state index < -0.39 is 0 Å². The molecular formula is C15H21N3O2. The third kappa shape index (κ3) is 2.92. The van der Waals surface area contributed by atoms with E-state index in [9.17, 15) is 9.59 Å². The Bertz CT molecular complexity index is 520. The highest BCUT2D eigenvalue weighted by Gasteiger charge is 2.24. The molecule has 20 heavy (non-hydrogen) atoms. The van der Waals surface area contributed by atoms with E-state index in [1.807, 2.05) is 12.1 Å². The van der Waals surface area contributed by atoms with Crippen molar-refractivity contribution in [2.24, 2.45) is 5.92 Å². The summed E-state index contributed by atoms with van der Waals surface area (Å²) in [4.78, 5) is 25.2. The van der Waals surface area contributed by atoms with Crippen LogP contribution >= 0.6 is 0 Å². The first kappa shape index (κ1) is 14.4. The second kappa shape index (κ2) is 5.94. The number of ketones is 1. The number of nitrogens with two attached hydrogens (primary N) is 1. The fourth-order valence-electron chi connectivity index (χ4n) is 2.67. The molecule has 5 nitrogen and oxygen atoms in total. The van der Waals surface area contributed by atoms with Crippen molar-refractivity contribution in [2.45, 2.75) is 19.8 Å². The van der Waals surface area contributed by atoms with Gasteiger partial charge in [0.25, 0.3) is 0 Å². The summed E-state index contributed by atoms with van der Waals surface area (Å²) >= 11 is 0. The molecule has 0 aliphatic carbocycles. The molecule has 0 spiro atoms.